The molecule has 2 aromatic rings. The van der Waals surface area contributed by atoms with Gasteiger partial charge in [-0.2, -0.15) is 0 Å². The summed E-state index contributed by atoms with van der Waals surface area (Å²) < 4.78 is 0. The number of amides is 1. The standard InChI is InChI=1S/C18H22N2O/c1-13(2)20(17-9-7-15(12-19)8-10-17)18(21)16-6-4-5-14(3)11-16/h4-11,13H,12,19H2,1-3H3. The van der Waals surface area contributed by atoms with Gasteiger partial charge in [-0.3, -0.25) is 4.79 Å². The quantitative estimate of drug-likeness (QED) is 0.932. The van der Waals surface area contributed by atoms with Crippen LogP contribution < -0.4 is 10.6 Å². The lowest BCUT2D eigenvalue weighted by Gasteiger charge is -2.27. The van der Waals surface area contributed by atoms with Gasteiger partial charge in [0.2, 0.25) is 0 Å². The zero-order valence-corrected chi connectivity index (χ0v) is 12.8. The van der Waals surface area contributed by atoms with Crippen molar-refractivity contribution in [2.24, 2.45) is 5.73 Å². The molecule has 0 spiro atoms. The van der Waals surface area contributed by atoms with Crippen molar-refractivity contribution >= 4 is 11.6 Å². The van der Waals surface area contributed by atoms with Crippen LogP contribution in [0.15, 0.2) is 48.5 Å². The molecule has 0 bridgehead atoms. The van der Waals surface area contributed by atoms with Crippen LogP contribution in [0.5, 0.6) is 0 Å². The normalized spacial score (nSPS) is 10.7. The first-order chi connectivity index (χ1) is 10.0. The Morgan fingerprint density at radius 1 is 1.14 bits per heavy atom. The summed E-state index contributed by atoms with van der Waals surface area (Å²) in [5.41, 5.74) is 9.38. The minimum Gasteiger partial charge on any atom is -0.326 e. The molecular formula is C18H22N2O. The monoisotopic (exact) mass is 282 g/mol. The summed E-state index contributed by atoms with van der Waals surface area (Å²) in [5, 5.41) is 0. The molecule has 2 aromatic carbocycles. The molecule has 0 heterocycles. The van der Waals surface area contributed by atoms with Crippen LogP contribution in [0.25, 0.3) is 0 Å². The maximum Gasteiger partial charge on any atom is 0.258 e. The fourth-order valence-electron chi connectivity index (χ4n) is 2.36. The number of nitrogens with zero attached hydrogens (tertiary/aromatic N) is 1. The fraction of sp³-hybridized carbons (Fsp3) is 0.278. The molecule has 0 saturated carbocycles. The summed E-state index contributed by atoms with van der Waals surface area (Å²) in [6.07, 6.45) is 0. The zero-order chi connectivity index (χ0) is 15.4. The first kappa shape index (κ1) is 15.3. The maximum atomic E-state index is 12.8. The number of anilines is 1. The van der Waals surface area contributed by atoms with E-state index in [1.165, 1.54) is 0 Å². The van der Waals surface area contributed by atoms with Crippen molar-refractivity contribution < 1.29 is 4.79 Å². The lowest BCUT2D eigenvalue weighted by molar-refractivity contribution is 0.0980. The molecule has 110 valence electrons. The largest absolute Gasteiger partial charge is 0.326 e. The van der Waals surface area contributed by atoms with E-state index in [-0.39, 0.29) is 11.9 Å². The number of aryl methyl sites for hydroxylation is 1. The molecule has 0 aliphatic rings. The van der Waals surface area contributed by atoms with Gasteiger partial charge in [-0.05, 0) is 50.6 Å². The molecule has 0 aliphatic heterocycles. The number of carbonyl (C=O) groups is 1. The van der Waals surface area contributed by atoms with E-state index < -0.39 is 0 Å². The average Bonchev–Trinajstić information content (AvgIpc) is 2.47. The van der Waals surface area contributed by atoms with Crippen molar-refractivity contribution in [2.75, 3.05) is 4.90 Å². The van der Waals surface area contributed by atoms with Gasteiger partial charge in [0, 0.05) is 23.8 Å². The molecule has 0 unspecified atom stereocenters. The second-order valence-electron chi connectivity index (χ2n) is 5.51. The number of nitrogens with two attached hydrogens (primary N) is 1. The average molecular weight is 282 g/mol. The van der Waals surface area contributed by atoms with Gasteiger partial charge >= 0.3 is 0 Å². The number of carbonyl (C=O) groups excluding carboxylic acids is 1. The van der Waals surface area contributed by atoms with Gasteiger partial charge in [0.1, 0.15) is 0 Å². The van der Waals surface area contributed by atoms with Crippen molar-refractivity contribution in [1.82, 2.24) is 0 Å². The third-order valence-electron chi connectivity index (χ3n) is 3.45. The van der Waals surface area contributed by atoms with E-state index in [9.17, 15) is 4.79 Å². The zero-order valence-electron chi connectivity index (χ0n) is 12.8. The van der Waals surface area contributed by atoms with Gasteiger partial charge in [0.15, 0.2) is 0 Å². The van der Waals surface area contributed by atoms with Gasteiger partial charge < -0.3 is 10.6 Å². The van der Waals surface area contributed by atoms with Gasteiger partial charge in [0.25, 0.3) is 5.91 Å². The number of rotatable bonds is 4. The summed E-state index contributed by atoms with van der Waals surface area (Å²) in [6, 6.07) is 15.6. The molecule has 0 radical (unpaired) electrons. The molecule has 0 saturated heterocycles. The van der Waals surface area contributed by atoms with Crippen molar-refractivity contribution in [1.29, 1.82) is 0 Å². The number of hydrogen-bond donors (Lipinski definition) is 1. The smallest absolute Gasteiger partial charge is 0.258 e. The summed E-state index contributed by atoms with van der Waals surface area (Å²) >= 11 is 0. The molecular weight excluding hydrogens is 260 g/mol. The maximum absolute atomic E-state index is 12.8. The molecule has 0 atom stereocenters. The third kappa shape index (κ3) is 3.50. The van der Waals surface area contributed by atoms with Crippen molar-refractivity contribution in [3.8, 4) is 0 Å². The SMILES string of the molecule is Cc1cccc(C(=O)N(c2ccc(CN)cc2)C(C)C)c1. The van der Waals surface area contributed by atoms with E-state index in [2.05, 4.69) is 0 Å². The van der Waals surface area contributed by atoms with Crippen LogP contribution in [0.1, 0.15) is 35.3 Å². The first-order valence-corrected chi connectivity index (χ1v) is 7.22. The molecule has 2 N–H and O–H groups in total. The van der Waals surface area contributed by atoms with E-state index in [0.717, 1.165) is 16.8 Å². The molecule has 21 heavy (non-hydrogen) atoms. The molecule has 2 rings (SSSR count). The Labute approximate surface area is 126 Å². The van der Waals surface area contributed by atoms with Crippen LogP contribution in [0, 0.1) is 6.92 Å². The van der Waals surface area contributed by atoms with Crippen LogP contribution >= 0.6 is 0 Å². The van der Waals surface area contributed by atoms with Crippen molar-refractivity contribution in [2.45, 2.75) is 33.4 Å². The Balaban J connectivity index is 2.36. The summed E-state index contributed by atoms with van der Waals surface area (Å²) in [4.78, 5) is 14.6. The van der Waals surface area contributed by atoms with E-state index in [1.54, 1.807) is 0 Å². The first-order valence-electron chi connectivity index (χ1n) is 7.22. The van der Waals surface area contributed by atoms with Gasteiger partial charge in [-0.15, -0.1) is 0 Å². The van der Waals surface area contributed by atoms with Crippen molar-refractivity contribution in [3.05, 3.63) is 65.2 Å². The van der Waals surface area contributed by atoms with Crippen LogP contribution in [-0.4, -0.2) is 11.9 Å². The molecule has 0 aliphatic carbocycles. The molecule has 0 fully saturated rings. The fourth-order valence-corrected chi connectivity index (χ4v) is 2.36. The van der Waals surface area contributed by atoms with Crippen LogP contribution in [0.3, 0.4) is 0 Å². The Kier molecular flexibility index (Phi) is 4.76. The van der Waals surface area contributed by atoms with Crippen molar-refractivity contribution in [3.63, 3.8) is 0 Å². The topological polar surface area (TPSA) is 46.3 Å². The summed E-state index contributed by atoms with van der Waals surface area (Å²) in [7, 11) is 0. The van der Waals surface area contributed by atoms with Gasteiger partial charge in [-0.1, -0.05) is 29.8 Å². The van der Waals surface area contributed by atoms with E-state index >= 15 is 0 Å². The predicted molar refractivity (Wildman–Crippen MR) is 87.5 cm³/mol. The second-order valence-corrected chi connectivity index (χ2v) is 5.51. The summed E-state index contributed by atoms with van der Waals surface area (Å²) in [6.45, 7) is 6.54. The van der Waals surface area contributed by atoms with Crippen LogP contribution in [-0.2, 0) is 6.54 Å². The van der Waals surface area contributed by atoms with E-state index in [4.69, 9.17) is 5.73 Å². The van der Waals surface area contributed by atoms with E-state index in [0.29, 0.717) is 12.1 Å². The highest BCUT2D eigenvalue weighted by Gasteiger charge is 2.20. The highest BCUT2D eigenvalue weighted by Crippen LogP contribution is 2.21. The van der Waals surface area contributed by atoms with E-state index in [1.807, 2.05) is 74.2 Å². The Morgan fingerprint density at radius 2 is 1.81 bits per heavy atom. The van der Waals surface area contributed by atoms with Gasteiger partial charge in [0.05, 0.1) is 0 Å². The van der Waals surface area contributed by atoms with Crippen LogP contribution in [0.2, 0.25) is 0 Å². The van der Waals surface area contributed by atoms with Crippen LogP contribution in [0.4, 0.5) is 5.69 Å². The highest BCUT2D eigenvalue weighted by atomic mass is 16.2. The Morgan fingerprint density at radius 3 is 2.33 bits per heavy atom. The minimum atomic E-state index is 0.0224. The lowest BCUT2D eigenvalue weighted by atomic mass is 10.1. The molecule has 0 aromatic heterocycles. The lowest BCUT2D eigenvalue weighted by Crippen LogP contribution is -2.37. The predicted octanol–water partition coefficient (Wildman–Crippen LogP) is 3.51. The summed E-state index contributed by atoms with van der Waals surface area (Å²) in [5.74, 6) is 0.0224. The molecule has 3 nitrogen and oxygen atoms in total. The third-order valence-corrected chi connectivity index (χ3v) is 3.45. The van der Waals surface area contributed by atoms with Gasteiger partial charge in [-0.25, -0.2) is 0 Å². The minimum absolute atomic E-state index is 0.0224. The second kappa shape index (κ2) is 6.55. The number of benzene rings is 2. The highest BCUT2D eigenvalue weighted by molar-refractivity contribution is 6.06. The molecule has 3 heteroatoms. The molecule has 1 amide bonds. The Bertz CT molecular complexity index is 617. The Hall–Kier alpha value is -2.13. The number of hydrogen-bond acceptors (Lipinski definition) is 2.